The van der Waals surface area contributed by atoms with Crippen LogP contribution in [0.3, 0.4) is 0 Å². The second kappa shape index (κ2) is 10.2. The van der Waals surface area contributed by atoms with Crippen LogP contribution in [0.15, 0.2) is 73.4 Å². The van der Waals surface area contributed by atoms with Gasteiger partial charge in [0.25, 0.3) is 0 Å². The third kappa shape index (κ3) is 5.73. The van der Waals surface area contributed by atoms with Crippen molar-refractivity contribution in [2.45, 2.75) is 32.8 Å². The molecule has 0 bridgehead atoms. The van der Waals surface area contributed by atoms with E-state index in [-0.39, 0.29) is 41.1 Å². The van der Waals surface area contributed by atoms with Crippen LogP contribution in [0.1, 0.15) is 37.5 Å². The first kappa shape index (κ1) is 23.9. The molecule has 0 aromatic heterocycles. The third-order valence-electron chi connectivity index (χ3n) is 5.20. The van der Waals surface area contributed by atoms with Gasteiger partial charge in [-0.1, -0.05) is 37.9 Å². The lowest BCUT2D eigenvalue weighted by molar-refractivity contribution is -0.132. The van der Waals surface area contributed by atoms with E-state index in [1.165, 1.54) is 19.9 Å². The quantitative estimate of drug-likeness (QED) is 0.304. The van der Waals surface area contributed by atoms with Crippen LogP contribution in [-0.4, -0.2) is 24.3 Å². The zero-order chi connectivity index (χ0) is 24.1. The zero-order valence-corrected chi connectivity index (χ0v) is 18.8. The highest BCUT2D eigenvalue weighted by atomic mass is 16.6. The number of carbonyl (C=O) groups is 3. The van der Waals surface area contributed by atoms with Crippen LogP contribution in [0.2, 0.25) is 0 Å². The van der Waals surface area contributed by atoms with Gasteiger partial charge in [0.15, 0.2) is 17.3 Å². The van der Waals surface area contributed by atoms with Crippen molar-refractivity contribution in [1.29, 1.82) is 0 Å². The number of ether oxygens (including phenoxy) is 3. The number of fused-ring (bicyclic) bond motifs is 1. The number of hydrogen-bond donors (Lipinski definition) is 0. The maximum atomic E-state index is 12.1. The summed E-state index contributed by atoms with van der Waals surface area (Å²) in [5.74, 6) is -1.22. The lowest BCUT2D eigenvalue weighted by Crippen LogP contribution is -2.12. The molecule has 1 aliphatic carbocycles. The summed E-state index contributed by atoms with van der Waals surface area (Å²) in [7, 11) is 0. The summed E-state index contributed by atoms with van der Waals surface area (Å²) in [5.41, 5.74) is 4.23. The topological polar surface area (TPSA) is 78.9 Å². The molecule has 1 atom stereocenters. The lowest BCUT2D eigenvalue weighted by Gasteiger charge is -2.15. The minimum Gasteiger partial charge on any atom is -0.419 e. The molecule has 0 heterocycles. The molecular formula is C27H26O6. The molecule has 6 heteroatoms. The summed E-state index contributed by atoms with van der Waals surface area (Å²) in [5, 5.41) is 0. The van der Waals surface area contributed by atoms with Gasteiger partial charge in [0.05, 0.1) is 6.10 Å². The highest BCUT2D eigenvalue weighted by Gasteiger charge is 2.24. The minimum atomic E-state index is -0.630. The highest BCUT2D eigenvalue weighted by molar-refractivity contribution is 5.91. The van der Waals surface area contributed by atoms with Crippen molar-refractivity contribution in [2.75, 3.05) is 6.61 Å². The summed E-state index contributed by atoms with van der Waals surface area (Å²) in [6.07, 6.45) is 2.73. The molecule has 0 saturated heterocycles. The van der Waals surface area contributed by atoms with Crippen molar-refractivity contribution in [3.05, 3.63) is 84.5 Å². The molecule has 0 aliphatic heterocycles. The van der Waals surface area contributed by atoms with E-state index in [9.17, 15) is 14.4 Å². The van der Waals surface area contributed by atoms with Crippen molar-refractivity contribution in [3.8, 4) is 22.6 Å². The van der Waals surface area contributed by atoms with Crippen LogP contribution in [0.4, 0.5) is 0 Å². The van der Waals surface area contributed by atoms with Gasteiger partial charge in [-0.3, -0.25) is 4.79 Å². The summed E-state index contributed by atoms with van der Waals surface area (Å²) in [6, 6.07) is 11.0. The van der Waals surface area contributed by atoms with Gasteiger partial charge < -0.3 is 14.2 Å². The summed E-state index contributed by atoms with van der Waals surface area (Å²) >= 11 is 0. The Hall–Kier alpha value is -3.77. The van der Waals surface area contributed by atoms with E-state index >= 15 is 0 Å². The van der Waals surface area contributed by atoms with Crippen molar-refractivity contribution < 1.29 is 28.6 Å². The largest absolute Gasteiger partial charge is 0.419 e. The van der Waals surface area contributed by atoms with Crippen LogP contribution in [0, 0.1) is 0 Å². The van der Waals surface area contributed by atoms with E-state index in [0.29, 0.717) is 0 Å². The van der Waals surface area contributed by atoms with Crippen LogP contribution in [0.5, 0.6) is 11.5 Å². The molecule has 2 aromatic rings. The Bertz CT molecular complexity index is 1160. The molecule has 2 aromatic carbocycles. The first-order valence-electron chi connectivity index (χ1n) is 10.5. The maximum Gasteiger partial charge on any atom is 0.338 e. The van der Waals surface area contributed by atoms with E-state index < -0.39 is 11.9 Å². The maximum absolute atomic E-state index is 12.1. The van der Waals surface area contributed by atoms with Crippen LogP contribution in [0.25, 0.3) is 11.1 Å². The van der Waals surface area contributed by atoms with Gasteiger partial charge >= 0.3 is 11.9 Å². The Morgan fingerprint density at radius 1 is 0.939 bits per heavy atom. The molecule has 1 unspecified atom stereocenters. The Balaban J connectivity index is 1.94. The van der Waals surface area contributed by atoms with E-state index in [0.717, 1.165) is 35.1 Å². The molecule has 170 valence electrons. The molecule has 0 N–H and O–H groups in total. The Morgan fingerprint density at radius 2 is 1.55 bits per heavy atom. The standard InChI is InChI=1S/C27H26O6/c1-6-21(28)15-31-23-11-9-18-7-8-19(13-22(18)23)20-10-12-24(32-26(29)16(2)3)25(14-20)33-27(30)17(4)5/h6-8,10,12-14,23H,1-2,4,9,11,15H2,3,5H3. The fraction of sp³-hybridized carbons (Fsp3) is 0.222. The van der Waals surface area contributed by atoms with Crippen LogP contribution < -0.4 is 9.47 Å². The molecule has 0 fully saturated rings. The molecule has 0 amide bonds. The number of esters is 2. The van der Waals surface area contributed by atoms with Gasteiger partial charge in [-0.25, -0.2) is 9.59 Å². The van der Waals surface area contributed by atoms with E-state index in [1.807, 2.05) is 18.2 Å². The fourth-order valence-corrected chi connectivity index (χ4v) is 3.38. The van der Waals surface area contributed by atoms with E-state index in [2.05, 4.69) is 19.7 Å². The summed E-state index contributed by atoms with van der Waals surface area (Å²) < 4.78 is 16.5. The van der Waals surface area contributed by atoms with Crippen molar-refractivity contribution in [2.24, 2.45) is 0 Å². The third-order valence-corrected chi connectivity index (χ3v) is 5.20. The zero-order valence-electron chi connectivity index (χ0n) is 18.8. The summed E-state index contributed by atoms with van der Waals surface area (Å²) in [4.78, 5) is 35.7. The predicted molar refractivity (Wildman–Crippen MR) is 125 cm³/mol. The highest BCUT2D eigenvalue weighted by Crippen LogP contribution is 2.39. The van der Waals surface area contributed by atoms with Gasteiger partial charge in [-0.15, -0.1) is 0 Å². The smallest absolute Gasteiger partial charge is 0.338 e. The molecule has 0 spiro atoms. The van der Waals surface area contributed by atoms with Crippen LogP contribution in [-0.2, 0) is 25.5 Å². The number of ketones is 1. The number of rotatable bonds is 9. The van der Waals surface area contributed by atoms with Crippen molar-refractivity contribution in [3.63, 3.8) is 0 Å². The van der Waals surface area contributed by atoms with Gasteiger partial charge in [0, 0.05) is 11.1 Å². The van der Waals surface area contributed by atoms with Crippen molar-refractivity contribution >= 4 is 17.7 Å². The molecule has 0 radical (unpaired) electrons. The monoisotopic (exact) mass is 446 g/mol. The first-order chi connectivity index (χ1) is 15.7. The van der Waals surface area contributed by atoms with Crippen LogP contribution >= 0.6 is 0 Å². The second-order valence-electron chi connectivity index (χ2n) is 7.92. The number of benzene rings is 2. The molecule has 0 saturated carbocycles. The van der Waals surface area contributed by atoms with Gasteiger partial charge in [-0.05, 0) is 73.2 Å². The fourth-order valence-electron chi connectivity index (χ4n) is 3.38. The molecule has 6 nitrogen and oxygen atoms in total. The lowest BCUT2D eigenvalue weighted by atomic mass is 9.99. The van der Waals surface area contributed by atoms with Crippen molar-refractivity contribution in [1.82, 2.24) is 0 Å². The average molecular weight is 446 g/mol. The predicted octanol–water partition coefficient (Wildman–Crippen LogP) is 5.08. The number of carbonyl (C=O) groups excluding carboxylic acids is 3. The van der Waals surface area contributed by atoms with E-state index in [1.54, 1.807) is 18.2 Å². The molecule has 1 aliphatic rings. The molecular weight excluding hydrogens is 420 g/mol. The molecule has 33 heavy (non-hydrogen) atoms. The minimum absolute atomic E-state index is 0.0123. The summed E-state index contributed by atoms with van der Waals surface area (Å²) in [6.45, 7) is 13.7. The normalized spacial score (nSPS) is 14.2. The Morgan fingerprint density at radius 3 is 2.18 bits per heavy atom. The van der Waals surface area contributed by atoms with Gasteiger partial charge in [-0.2, -0.15) is 0 Å². The molecule has 3 rings (SSSR count). The SMILES string of the molecule is C=CC(=O)COC1CCc2ccc(-c3ccc(OC(=O)C(=C)C)c(OC(=O)C(=C)C)c3)cc21. The average Bonchev–Trinajstić information content (AvgIpc) is 3.20. The first-order valence-corrected chi connectivity index (χ1v) is 10.5. The number of hydrogen-bond acceptors (Lipinski definition) is 6. The number of aryl methyl sites for hydroxylation is 1. The van der Waals surface area contributed by atoms with Gasteiger partial charge in [0.2, 0.25) is 0 Å². The van der Waals surface area contributed by atoms with Gasteiger partial charge in [0.1, 0.15) is 6.61 Å². The Labute approximate surface area is 193 Å². The second-order valence-corrected chi connectivity index (χ2v) is 7.92. The van der Waals surface area contributed by atoms with E-state index in [4.69, 9.17) is 14.2 Å². The Kier molecular flexibility index (Phi) is 7.41.